The normalized spacial score (nSPS) is 14.9. The van der Waals surface area contributed by atoms with Crippen LogP contribution in [0.3, 0.4) is 0 Å². The number of halogens is 2. The number of likely N-dealkylation sites (N-methyl/N-ethyl adjacent to an activating group) is 1. The SMILES string of the molecule is CN(CC(=O)NC1CC1)Cc1ccc(F)cc1F. The summed E-state index contributed by atoms with van der Waals surface area (Å²) in [6, 6.07) is 3.80. The van der Waals surface area contributed by atoms with E-state index in [1.165, 1.54) is 12.1 Å². The summed E-state index contributed by atoms with van der Waals surface area (Å²) in [5, 5.41) is 2.86. The van der Waals surface area contributed by atoms with E-state index < -0.39 is 11.6 Å². The lowest BCUT2D eigenvalue weighted by Gasteiger charge is -2.16. The monoisotopic (exact) mass is 254 g/mol. The van der Waals surface area contributed by atoms with Gasteiger partial charge in [0.15, 0.2) is 0 Å². The molecule has 0 spiro atoms. The molecule has 5 heteroatoms. The van der Waals surface area contributed by atoms with Crippen LogP contribution in [0.5, 0.6) is 0 Å². The molecule has 2 rings (SSSR count). The molecule has 0 aliphatic heterocycles. The molecule has 98 valence electrons. The van der Waals surface area contributed by atoms with Crippen LogP contribution in [-0.4, -0.2) is 30.4 Å². The number of nitrogens with one attached hydrogen (secondary N) is 1. The van der Waals surface area contributed by atoms with E-state index in [-0.39, 0.29) is 19.0 Å². The van der Waals surface area contributed by atoms with Gasteiger partial charge in [-0.2, -0.15) is 0 Å². The third kappa shape index (κ3) is 3.77. The van der Waals surface area contributed by atoms with E-state index in [0.29, 0.717) is 11.6 Å². The molecule has 3 nitrogen and oxygen atoms in total. The zero-order valence-corrected chi connectivity index (χ0v) is 10.2. The number of amides is 1. The number of hydrogen-bond donors (Lipinski definition) is 1. The fourth-order valence-corrected chi connectivity index (χ4v) is 1.74. The zero-order chi connectivity index (χ0) is 13.1. The molecule has 18 heavy (non-hydrogen) atoms. The van der Waals surface area contributed by atoms with Crippen molar-refractivity contribution < 1.29 is 13.6 Å². The van der Waals surface area contributed by atoms with Crippen LogP contribution in [0.1, 0.15) is 18.4 Å². The Balaban J connectivity index is 1.85. The topological polar surface area (TPSA) is 32.3 Å². The highest BCUT2D eigenvalue weighted by Crippen LogP contribution is 2.18. The zero-order valence-electron chi connectivity index (χ0n) is 10.2. The average molecular weight is 254 g/mol. The maximum absolute atomic E-state index is 13.4. The second kappa shape index (κ2) is 5.44. The van der Waals surface area contributed by atoms with E-state index in [1.807, 2.05) is 0 Å². The molecule has 1 aliphatic rings. The third-order valence-corrected chi connectivity index (χ3v) is 2.81. The van der Waals surface area contributed by atoms with Gasteiger partial charge in [0.2, 0.25) is 5.91 Å². The van der Waals surface area contributed by atoms with Crippen molar-refractivity contribution >= 4 is 5.91 Å². The van der Waals surface area contributed by atoms with Crippen LogP contribution >= 0.6 is 0 Å². The van der Waals surface area contributed by atoms with Gasteiger partial charge in [0.1, 0.15) is 11.6 Å². The molecular weight excluding hydrogens is 238 g/mol. The predicted octanol–water partition coefficient (Wildman–Crippen LogP) is 1.68. The number of rotatable bonds is 5. The van der Waals surface area contributed by atoms with Crippen molar-refractivity contribution in [3.05, 3.63) is 35.4 Å². The molecule has 0 radical (unpaired) electrons. The summed E-state index contributed by atoms with van der Waals surface area (Å²) in [5.41, 5.74) is 0.387. The molecule has 1 fully saturated rings. The lowest BCUT2D eigenvalue weighted by molar-refractivity contribution is -0.122. The standard InChI is InChI=1S/C13H16F2N2O/c1-17(8-13(18)16-11-4-5-11)7-9-2-3-10(14)6-12(9)15/h2-3,6,11H,4-5,7-8H2,1H3,(H,16,18). The van der Waals surface area contributed by atoms with Crippen LogP contribution in [0.15, 0.2) is 18.2 Å². The smallest absolute Gasteiger partial charge is 0.234 e. The summed E-state index contributed by atoms with van der Waals surface area (Å²) in [6.45, 7) is 0.498. The van der Waals surface area contributed by atoms with Crippen molar-refractivity contribution in [3.8, 4) is 0 Å². The number of nitrogens with zero attached hydrogens (tertiary/aromatic N) is 1. The molecule has 1 aromatic carbocycles. The molecule has 1 saturated carbocycles. The molecule has 0 atom stereocenters. The Morgan fingerprint density at radius 2 is 2.17 bits per heavy atom. The van der Waals surface area contributed by atoms with Gasteiger partial charge in [0, 0.05) is 24.2 Å². The Kier molecular flexibility index (Phi) is 3.91. The van der Waals surface area contributed by atoms with Crippen molar-refractivity contribution in [2.45, 2.75) is 25.4 Å². The second-order valence-corrected chi connectivity index (χ2v) is 4.75. The van der Waals surface area contributed by atoms with Crippen molar-refractivity contribution in [2.24, 2.45) is 0 Å². The van der Waals surface area contributed by atoms with Crippen LogP contribution in [-0.2, 0) is 11.3 Å². The maximum Gasteiger partial charge on any atom is 0.234 e. The highest BCUT2D eigenvalue weighted by atomic mass is 19.1. The van der Waals surface area contributed by atoms with Crippen LogP contribution in [0.4, 0.5) is 8.78 Å². The first-order valence-corrected chi connectivity index (χ1v) is 5.96. The van der Waals surface area contributed by atoms with E-state index in [9.17, 15) is 13.6 Å². The average Bonchev–Trinajstić information content (AvgIpc) is 3.05. The van der Waals surface area contributed by atoms with E-state index in [1.54, 1.807) is 11.9 Å². The number of carbonyl (C=O) groups is 1. The highest BCUT2D eigenvalue weighted by Gasteiger charge is 2.23. The Bertz CT molecular complexity index is 447. The molecule has 0 saturated heterocycles. The fraction of sp³-hybridized carbons (Fsp3) is 0.462. The second-order valence-electron chi connectivity index (χ2n) is 4.75. The molecule has 1 aromatic rings. The Morgan fingerprint density at radius 1 is 1.44 bits per heavy atom. The van der Waals surface area contributed by atoms with Gasteiger partial charge in [-0.05, 0) is 26.0 Å². The van der Waals surface area contributed by atoms with Gasteiger partial charge < -0.3 is 5.32 Å². The number of benzene rings is 1. The first-order chi connectivity index (χ1) is 8.54. The largest absolute Gasteiger partial charge is 0.352 e. The molecule has 0 bridgehead atoms. The summed E-state index contributed by atoms with van der Waals surface area (Å²) < 4.78 is 26.1. The summed E-state index contributed by atoms with van der Waals surface area (Å²) >= 11 is 0. The minimum Gasteiger partial charge on any atom is -0.352 e. The highest BCUT2D eigenvalue weighted by molar-refractivity contribution is 5.78. The van der Waals surface area contributed by atoms with Gasteiger partial charge in [-0.25, -0.2) is 8.78 Å². The lowest BCUT2D eigenvalue weighted by Crippen LogP contribution is -2.36. The van der Waals surface area contributed by atoms with Crippen molar-refractivity contribution in [2.75, 3.05) is 13.6 Å². The first kappa shape index (κ1) is 13.0. The van der Waals surface area contributed by atoms with Gasteiger partial charge in [-0.1, -0.05) is 6.07 Å². The molecule has 1 N–H and O–H groups in total. The van der Waals surface area contributed by atoms with Crippen molar-refractivity contribution in [3.63, 3.8) is 0 Å². The minimum absolute atomic E-state index is 0.0532. The molecule has 0 aromatic heterocycles. The Morgan fingerprint density at radius 3 is 2.78 bits per heavy atom. The Hall–Kier alpha value is -1.49. The van der Waals surface area contributed by atoms with Crippen LogP contribution in [0.2, 0.25) is 0 Å². The first-order valence-electron chi connectivity index (χ1n) is 5.96. The molecule has 0 unspecified atom stereocenters. The third-order valence-electron chi connectivity index (χ3n) is 2.81. The van der Waals surface area contributed by atoms with E-state index in [0.717, 1.165) is 18.9 Å². The van der Waals surface area contributed by atoms with Gasteiger partial charge in [-0.15, -0.1) is 0 Å². The summed E-state index contributed by atoms with van der Waals surface area (Å²) in [6.07, 6.45) is 2.09. The summed E-state index contributed by atoms with van der Waals surface area (Å²) in [7, 11) is 1.73. The van der Waals surface area contributed by atoms with E-state index in [2.05, 4.69) is 5.32 Å². The Labute approximate surface area is 105 Å². The maximum atomic E-state index is 13.4. The minimum atomic E-state index is -0.592. The summed E-state index contributed by atoms with van der Waals surface area (Å²) in [5.74, 6) is -1.22. The number of carbonyl (C=O) groups excluding carboxylic acids is 1. The van der Waals surface area contributed by atoms with E-state index in [4.69, 9.17) is 0 Å². The van der Waals surface area contributed by atoms with Crippen molar-refractivity contribution in [1.82, 2.24) is 10.2 Å². The molecule has 1 aliphatic carbocycles. The van der Waals surface area contributed by atoms with Gasteiger partial charge in [-0.3, -0.25) is 9.69 Å². The molecular formula is C13H16F2N2O. The van der Waals surface area contributed by atoms with Crippen LogP contribution < -0.4 is 5.32 Å². The van der Waals surface area contributed by atoms with Gasteiger partial charge in [0.05, 0.1) is 6.54 Å². The number of hydrogen-bond acceptors (Lipinski definition) is 2. The predicted molar refractivity (Wildman–Crippen MR) is 63.9 cm³/mol. The molecule has 1 amide bonds. The summed E-state index contributed by atoms with van der Waals surface area (Å²) in [4.78, 5) is 13.2. The van der Waals surface area contributed by atoms with Gasteiger partial charge in [0.25, 0.3) is 0 Å². The van der Waals surface area contributed by atoms with Crippen LogP contribution in [0, 0.1) is 11.6 Å². The van der Waals surface area contributed by atoms with Crippen LogP contribution in [0.25, 0.3) is 0 Å². The van der Waals surface area contributed by atoms with E-state index >= 15 is 0 Å². The quantitative estimate of drug-likeness (QED) is 0.867. The lowest BCUT2D eigenvalue weighted by atomic mass is 10.2. The molecule has 0 heterocycles. The fourth-order valence-electron chi connectivity index (χ4n) is 1.74. The van der Waals surface area contributed by atoms with Crippen molar-refractivity contribution in [1.29, 1.82) is 0 Å². The van der Waals surface area contributed by atoms with Gasteiger partial charge >= 0.3 is 0 Å².